The maximum Gasteiger partial charge on any atom is 0.227 e. The smallest absolute Gasteiger partial charge is 0.227 e. The van der Waals surface area contributed by atoms with Gasteiger partial charge in [-0.1, -0.05) is 23.7 Å². The number of anilines is 3. The number of halogens is 2. The average molecular weight is 309 g/mol. The van der Waals surface area contributed by atoms with Crippen molar-refractivity contribution < 1.29 is 9.13 Å². The van der Waals surface area contributed by atoms with E-state index in [9.17, 15) is 4.39 Å². The number of ether oxygens (including phenoxy) is 1. The molecule has 1 aliphatic heterocycles. The van der Waals surface area contributed by atoms with Crippen LogP contribution >= 0.6 is 11.6 Å². The Morgan fingerprint density at radius 1 is 1.24 bits per heavy atom. The number of benzene rings is 1. The van der Waals surface area contributed by atoms with E-state index in [1.165, 1.54) is 0 Å². The molecule has 2 aromatic rings. The molecule has 5 nitrogen and oxygen atoms in total. The predicted molar refractivity (Wildman–Crippen MR) is 79.8 cm³/mol. The molecule has 2 heterocycles. The van der Waals surface area contributed by atoms with E-state index in [0.29, 0.717) is 43.0 Å². The van der Waals surface area contributed by atoms with Gasteiger partial charge < -0.3 is 15.0 Å². The fourth-order valence-corrected chi connectivity index (χ4v) is 2.23. The molecular formula is C14H14ClFN4O. The van der Waals surface area contributed by atoms with Crippen LogP contribution in [0.4, 0.5) is 21.8 Å². The normalized spacial score (nSPS) is 15.0. The molecule has 0 aliphatic carbocycles. The molecule has 3 rings (SSSR count). The monoisotopic (exact) mass is 308 g/mol. The Kier molecular flexibility index (Phi) is 4.17. The van der Waals surface area contributed by atoms with Gasteiger partial charge in [0.25, 0.3) is 0 Å². The number of aromatic nitrogens is 2. The topological polar surface area (TPSA) is 50.3 Å². The lowest BCUT2D eigenvalue weighted by Gasteiger charge is -2.26. The predicted octanol–water partition coefficient (Wildman–Crippen LogP) is 2.85. The van der Waals surface area contributed by atoms with Gasteiger partial charge in [-0.05, 0) is 12.1 Å². The molecule has 0 saturated carbocycles. The van der Waals surface area contributed by atoms with E-state index in [4.69, 9.17) is 16.3 Å². The van der Waals surface area contributed by atoms with Gasteiger partial charge in [0.05, 0.1) is 30.1 Å². The van der Waals surface area contributed by atoms with Crippen molar-refractivity contribution in [2.45, 2.75) is 0 Å². The number of hydrogen-bond acceptors (Lipinski definition) is 5. The summed E-state index contributed by atoms with van der Waals surface area (Å²) in [6, 6.07) is 7.11. The van der Waals surface area contributed by atoms with E-state index in [-0.39, 0.29) is 5.82 Å². The van der Waals surface area contributed by atoms with Crippen LogP contribution in [-0.4, -0.2) is 36.3 Å². The zero-order chi connectivity index (χ0) is 14.7. The summed E-state index contributed by atoms with van der Waals surface area (Å²) in [7, 11) is 0. The molecule has 1 N–H and O–H groups in total. The minimum atomic E-state index is -0.521. The van der Waals surface area contributed by atoms with Gasteiger partial charge in [0.1, 0.15) is 0 Å². The first-order valence-electron chi connectivity index (χ1n) is 6.61. The van der Waals surface area contributed by atoms with Crippen LogP contribution < -0.4 is 10.2 Å². The van der Waals surface area contributed by atoms with Crippen molar-refractivity contribution in [3.63, 3.8) is 0 Å². The maximum atomic E-state index is 13.9. The highest BCUT2D eigenvalue weighted by Gasteiger charge is 2.16. The molecule has 1 aliphatic rings. The summed E-state index contributed by atoms with van der Waals surface area (Å²) >= 11 is 6.06. The third kappa shape index (κ3) is 3.22. The summed E-state index contributed by atoms with van der Waals surface area (Å²) in [5.74, 6) is 0.0702. The Labute approximate surface area is 126 Å². The number of hydrogen-bond donors (Lipinski definition) is 1. The average Bonchev–Trinajstić information content (AvgIpc) is 2.52. The highest BCUT2D eigenvalue weighted by atomic mass is 35.5. The number of para-hydroxylation sites is 1. The summed E-state index contributed by atoms with van der Waals surface area (Å²) in [5, 5.41) is 3.41. The Balaban J connectivity index is 1.86. The van der Waals surface area contributed by atoms with Crippen molar-refractivity contribution in [3.05, 3.63) is 41.3 Å². The molecule has 0 amide bonds. The van der Waals surface area contributed by atoms with Crippen molar-refractivity contribution in [2.75, 3.05) is 36.5 Å². The van der Waals surface area contributed by atoms with Crippen LogP contribution in [0.25, 0.3) is 0 Å². The Hall–Kier alpha value is -1.92. The fourth-order valence-electron chi connectivity index (χ4n) is 2.05. The van der Waals surface area contributed by atoms with Crippen LogP contribution in [0.5, 0.6) is 0 Å². The first kappa shape index (κ1) is 14.0. The SMILES string of the molecule is Fc1cnc(N2CCOCC2)nc1Nc1ccccc1Cl. The summed E-state index contributed by atoms with van der Waals surface area (Å²) in [6.45, 7) is 2.62. The summed E-state index contributed by atoms with van der Waals surface area (Å²) in [6.07, 6.45) is 1.16. The second kappa shape index (κ2) is 6.24. The minimum Gasteiger partial charge on any atom is -0.378 e. The van der Waals surface area contributed by atoms with Crippen molar-refractivity contribution >= 4 is 29.1 Å². The highest BCUT2D eigenvalue weighted by Crippen LogP contribution is 2.26. The molecule has 1 aromatic heterocycles. The zero-order valence-corrected chi connectivity index (χ0v) is 12.0. The third-order valence-corrected chi connectivity index (χ3v) is 3.48. The van der Waals surface area contributed by atoms with Gasteiger partial charge in [-0.15, -0.1) is 0 Å². The van der Waals surface area contributed by atoms with Crippen molar-refractivity contribution in [3.8, 4) is 0 Å². The molecule has 1 saturated heterocycles. The quantitative estimate of drug-likeness (QED) is 0.945. The Morgan fingerprint density at radius 2 is 2.00 bits per heavy atom. The van der Waals surface area contributed by atoms with E-state index >= 15 is 0 Å². The van der Waals surface area contributed by atoms with E-state index in [0.717, 1.165) is 6.20 Å². The van der Waals surface area contributed by atoms with Crippen LogP contribution in [-0.2, 0) is 4.74 Å². The van der Waals surface area contributed by atoms with Gasteiger partial charge >= 0.3 is 0 Å². The first-order valence-corrected chi connectivity index (χ1v) is 6.98. The van der Waals surface area contributed by atoms with Gasteiger partial charge in [-0.3, -0.25) is 0 Å². The molecule has 1 fully saturated rings. The lowest BCUT2D eigenvalue weighted by molar-refractivity contribution is 0.122. The number of nitrogens with one attached hydrogen (secondary N) is 1. The molecule has 0 unspecified atom stereocenters. The third-order valence-electron chi connectivity index (χ3n) is 3.15. The number of nitrogens with zero attached hydrogens (tertiary/aromatic N) is 3. The zero-order valence-electron chi connectivity index (χ0n) is 11.2. The summed E-state index contributed by atoms with van der Waals surface area (Å²) < 4.78 is 19.2. The molecule has 0 radical (unpaired) electrons. The number of morpholine rings is 1. The lowest BCUT2D eigenvalue weighted by Crippen LogP contribution is -2.37. The van der Waals surface area contributed by atoms with Gasteiger partial charge in [0.15, 0.2) is 11.6 Å². The van der Waals surface area contributed by atoms with Crippen LogP contribution in [0, 0.1) is 5.82 Å². The number of rotatable bonds is 3. The lowest BCUT2D eigenvalue weighted by atomic mass is 10.3. The molecule has 110 valence electrons. The van der Waals surface area contributed by atoms with Crippen molar-refractivity contribution in [1.82, 2.24) is 9.97 Å². The molecule has 21 heavy (non-hydrogen) atoms. The molecular weight excluding hydrogens is 295 g/mol. The molecule has 0 atom stereocenters. The van der Waals surface area contributed by atoms with Gasteiger partial charge in [0, 0.05) is 13.1 Å². The molecule has 1 aromatic carbocycles. The first-order chi connectivity index (χ1) is 10.2. The van der Waals surface area contributed by atoms with E-state index in [2.05, 4.69) is 15.3 Å². The highest BCUT2D eigenvalue weighted by molar-refractivity contribution is 6.33. The fraction of sp³-hybridized carbons (Fsp3) is 0.286. The van der Waals surface area contributed by atoms with Crippen LogP contribution in [0.3, 0.4) is 0 Å². The van der Waals surface area contributed by atoms with Crippen LogP contribution in [0.15, 0.2) is 30.5 Å². The van der Waals surface area contributed by atoms with Gasteiger partial charge in [-0.25, -0.2) is 9.37 Å². The van der Waals surface area contributed by atoms with Crippen molar-refractivity contribution in [1.29, 1.82) is 0 Å². The van der Waals surface area contributed by atoms with E-state index in [1.807, 2.05) is 17.0 Å². The molecule has 7 heteroatoms. The standard InChI is InChI=1S/C14H14ClFN4O/c15-10-3-1-2-4-12(10)18-13-11(16)9-17-14(19-13)20-5-7-21-8-6-20/h1-4,9H,5-8H2,(H,17,18,19). The van der Waals surface area contributed by atoms with Crippen LogP contribution in [0.2, 0.25) is 5.02 Å². The minimum absolute atomic E-state index is 0.111. The van der Waals surface area contributed by atoms with E-state index in [1.54, 1.807) is 12.1 Å². The second-order valence-corrected chi connectivity index (χ2v) is 4.98. The van der Waals surface area contributed by atoms with Gasteiger partial charge in [-0.2, -0.15) is 4.98 Å². The molecule has 0 bridgehead atoms. The Morgan fingerprint density at radius 3 is 2.76 bits per heavy atom. The van der Waals surface area contributed by atoms with E-state index < -0.39 is 5.82 Å². The van der Waals surface area contributed by atoms with Crippen molar-refractivity contribution in [2.24, 2.45) is 0 Å². The van der Waals surface area contributed by atoms with Crippen LogP contribution in [0.1, 0.15) is 0 Å². The largest absolute Gasteiger partial charge is 0.378 e. The van der Waals surface area contributed by atoms with Gasteiger partial charge in [0.2, 0.25) is 5.95 Å². The second-order valence-electron chi connectivity index (χ2n) is 4.57. The summed E-state index contributed by atoms with van der Waals surface area (Å²) in [5.41, 5.74) is 0.602. The summed E-state index contributed by atoms with van der Waals surface area (Å²) in [4.78, 5) is 10.2. The molecule has 0 spiro atoms. The maximum absolute atomic E-state index is 13.9. The Bertz CT molecular complexity index is 634.